The molecule has 7 heteroatoms. The lowest BCUT2D eigenvalue weighted by atomic mass is 9.97. The Labute approximate surface area is 143 Å². The molecular weight excluding hydrogens is 335 g/mol. The highest BCUT2D eigenvalue weighted by atomic mass is 19.4. The van der Waals surface area contributed by atoms with Crippen LogP contribution in [0.25, 0.3) is 11.1 Å². The number of ether oxygens (including phenoxy) is 2. The predicted molar refractivity (Wildman–Crippen MR) is 86.7 cm³/mol. The summed E-state index contributed by atoms with van der Waals surface area (Å²) >= 11 is 0. The summed E-state index contributed by atoms with van der Waals surface area (Å²) < 4.78 is 46.9. The Hall–Kier alpha value is -2.54. The topological polar surface area (TPSA) is 61.5 Å². The van der Waals surface area contributed by atoms with Gasteiger partial charge in [-0.3, -0.25) is 4.79 Å². The molecule has 0 spiro atoms. The smallest absolute Gasteiger partial charge is 0.466 e. The third kappa shape index (κ3) is 5.49. The molecule has 2 aromatic carbocycles. The molecule has 2 aromatic rings. The minimum atomic E-state index is -4.81. The Bertz CT molecular complexity index is 717. The maximum Gasteiger partial charge on any atom is 0.573 e. The third-order valence-electron chi connectivity index (χ3n) is 3.43. The highest BCUT2D eigenvalue weighted by Crippen LogP contribution is 2.36. The van der Waals surface area contributed by atoms with E-state index in [-0.39, 0.29) is 24.3 Å². The number of alkyl halides is 3. The number of hydrogen-bond acceptors (Lipinski definition) is 4. The second-order valence-corrected chi connectivity index (χ2v) is 5.29. The Morgan fingerprint density at radius 1 is 1.16 bits per heavy atom. The van der Waals surface area contributed by atoms with E-state index in [2.05, 4.69) is 4.74 Å². The summed E-state index contributed by atoms with van der Waals surface area (Å²) in [5, 5.41) is 0. The van der Waals surface area contributed by atoms with Crippen LogP contribution in [0.4, 0.5) is 13.2 Å². The van der Waals surface area contributed by atoms with Gasteiger partial charge >= 0.3 is 12.3 Å². The van der Waals surface area contributed by atoms with Gasteiger partial charge in [-0.05, 0) is 30.2 Å². The molecule has 0 fully saturated rings. The zero-order valence-corrected chi connectivity index (χ0v) is 13.5. The summed E-state index contributed by atoms with van der Waals surface area (Å²) in [7, 11) is 0. The second-order valence-electron chi connectivity index (χ2n) is 5.29. The van der Waals surface area contributed by atoms with Crippen LogP contribution in [-0.2, 0) is 9.53 Å². The van der Waals surface area contributed by atoms with Crippen molar-refractivity contribution in [2.75, 3.05) is 6.61 Å². The maximum atomic E-state index is 12.6. The van der Waals surface area contributed by atoms with Gasteiger partial charge in [0.15, 0.2) is 0 Å². The quantitative estimate of drug-likeness (QED) is 0.791. The number of rotatable bonds is 6. The van der Waals surface area contributed by atoms with Gasteiger partial charge in [-0.1, -0.05) is 36.4 Å². The summed E-state index contributed by atoms with van der Waals surface area (Å²) in [5.41, 5.74) is 7.30. The first kappa shape index (κ1) is 18.8. The molecule has 0 aliphatic carbocycles. The first-order valence-corrected chi connectivity index (χ1v) is 7.66. The van der Waals surface area contributed by atoms with Crippen LogP contribution in [0.5, 0.6) is 5.75 Å². The lowest BCUT2D eigenvalue weighted by Crippen LogP contribution is -2.19. The van der Waals surface area contributed by atoms with Gasteiger partial charge in [0.2, 0.25) is 0 Å². The van der Waals surface area contributed by atoms with Crippen LogP contribution in [-0.4, -0.2) is 18.9 Å². The molecule has 134 valence electrons. The monoisotopic (exact) mass is 353 g/mol. The Balaban J connectivity index is 2.37. The molecule has 1 atom stereocenters. The lowest BCUT2D eigenvalue weighted by molar-refractivity contribution is -0.274. The average Bonchev–Trinajstić information content (AvgIpc) is 2.54. The normalized spacial score (nSPS) is 12.5. The summed E-state index contributed by atoms with van der Waals surface area (Å²) in [6.07, 6.45) is -4.88. The SMILES string of the molecule is CCOC(=O)CC(N)c1ccc(OC(F)(F)F)c(-c2ccccc2)c1. The maximum absolute atomic E-state index is 12.6. The number of halogens is 3. The van der Waals surface area contributed by atoms with E-state index >= 15 is 0 Å². The van der Waals surface area contributed by atoms with E-state index < -0.39 is 18.4 Å². The van der Waals surface area contributed by atoms with E-state index in [0.717, 1.165) is 0 Å². The van der Waals surface area contributed by atoms with E-state index in [0.29, 0.717) is 11.1 Å². The van der Waals surface area contributed by atoms with Gasteiger partial charge in [-0.15, -0.1) is 13.2 Å². The van der Waals surface area contributed by atoms with Crippen LogP contribution in [0.2, 0.25) is 0 Å². The largest absolute Gasteiger partial charge is 0.573 e. The summed E-state index contributed by atoms with van der Waals surface area (Å²) in [6, 6.07) is 11.9. The van der Waals surface area contributed by atoms with E-state index in [1.54, 1.807) is 37.3 Å². The first-order valence-electron chi connectivity index (χ1n) is 7.66. The zero-order chi connectivity index (χ0) is 18.4. The molecular formula is C18H18F3NO3. The van der Waals surface area contributed by atoms with Gasteiger partial charge in [-0.2, -0.15) is 0 Å². The molecule has 0 saturated heterocycles. The van der Waals surface area contributed by atoms with Crippen molar-refractivity contribution in [2.24, 2.45) is 5.73 Å². The van der Waals surface area contributed by atoms with Gasteiger partial charge in [0.25, 0.3) is 0 Å². The first-order chi connectivity index (χ1) is 11.8. The fourth-order valence-corrected chi connectivity index (χ4v) is 2.35. The molecule has 4 nitrogen and oxygen atoms in total. The van der Waals surface area contributed by atoms with Crippen LogP contribution in [0, 0.1) is 0 Å². The van der Waals surface area contributed by atoms with Crippen molar-refractivity contribution < 1.29 is 27.4 Å². The van der Waals surface area contributed by atoms with Crippen molar-refractivity contribution in [3.8, 4) is 16.9 Å². The number of hydrogen-bond donors (Lipinski definition) is 1. The van der Waals surface area contributed by atoms with Gasteiger partial charge in [0.05, 0.1) is 13.0 Å². The highest BCUT2D eigenvalue weighted by Gasteiger charge is 2.32. The van der Waals surface area contributed by atoms with Crippen LogP contribution in [0.1, 0.15) is 24.9 Å². The zero-order valence-electron chi connectivity index (χ0n) is 13.5. The fraction of sp³-hybridized carbons (Fsp3) is 0.278. The van der Waals surface area contributed by atoms with Crippen molar-refractivity contribution in [1.29, 1.82) is 0 Å². The van der Waals surface area contributed by atoms with Gasteiger partial charge in [0, 0.05) is 11.6 Å². The minimum absolute atomic E-state index is 0.0679. The molecule has 0 amide bonds. The fourth-order valence-electron chi connectivity index (χ4n) is 2.35. The summed E-state index contributed by atoms with van der Waals surface area (Å²) in [5.74, 6) is -0.794. The minimum Gasteiger partial charge on any atom is -0.466 e. The average molecular weight is 353 g/mol. The van der Waals surface area contributed by atoms with E-state index in [4.69, 9.17) is 10.5 Å². The molecule has 0 bridgehead atoms. The van der Waals surface area contributed by atoms with Crippen LogP contribution < -0.4 is 10.5 Å². The Morgan fingerprint density at radius 2 is 1.84 bits per heavy atom. The predicted octanol–water partition coefficient (Wildman–Crippen LogP) is 4.21. The summed E-state index contributed by atoms with van der Waals surface area (Å²) in [4.78, 5) is 11.6. The van der Waals surface area contributed by atoms with Crippen molar-refractivity contribution in [3.05, 3.63) is 54.1 Å². The molecule has 0 aromatic heterocycles. The second kappa shape index (κ2) is 8.02. The number of esters is 1. The van der Waals surface area contributed by atoms with Crippen LogP contribution in [0.15, 0.2) is 48.5 Å². The number of carbonyl (C=O) groups excluding carboxylic acids is 1. The molecule has 0 radical (unpaired) electrons. The molecule has 2 rings (SSSR count). The number of benzene rings is 2. The van der Waals surface area contributed by atoms with Crippen molar-refractivity contribution in [3.63, 3.8) is 0 Å². The van der Waals surface area contributed by atoms with Crippen molar-refractivity contribution in [2.45, 2.75) is 25.7 Å². The van der Waals surface area contributed by atoms with Crippen molar-refractivity contribution in [1.82, 2.24) is 0 Å². The molecule has 0 aliphatic rings. The van der Waals surface area contributed by atoms with E-state index in [1.807, 2.05) is 0 Å². The highest BCUT2D eigenvalue weighted by molar-refractivity contribution is 5.73. The molecule has 0 saturated carbocycles. The molecule has 0 heterocycles. The Kier molecular flexibility index (Phi) is 6.03. The standard InChI is InChI=1S/C18H18F3NO3/c1-2-24-17(23)11-15(22)13-8-9-16(25-18(19,20)21)14(10-13)12-6-4-3-5-7-12/h3-10,15H,2,11,22H2,1H3. The third-order valence-corrected chi connectivity index (χ3v) is 3.43. The lowest BCUT2D eigenvalue weighted by Gasteiger charge is -2.17. The van der Waals surface area contributed by atoms with Gasteiger partial charge in [0.1, 0.15) is 5.75 Å². The summed E-state index contributed by atoms with van der Waals surface area (Å²) in [6.45, 7) is 1.92. The molecule has 0 aliphatic heterocycles. The van der Waals surface area contributed by atoms with Crippen LogP contribution in [0.3, 0.4) is 0 Å². The van der Waals surface area contributed by atoms with Crippen LogP contribution >= 0.6 is 0 Å². The van der Waals surface area contributed by atoms with Crippen molar-refractivity contribution >= 4 is 5.97 Å². The van der Waals surface area contributed by atoms with E-state index in [9.17, 15) is 18.0 Å². The van der Waals surface area contributed by atoms with Gasteiger partial charge < -0.3 is 15.2 Å². The molecule has 1 unspecified atom stereocenters. The number of carbonyl (C=O) groups is 1. The molecule has 2 N–H and O–H groups in total. The molecule has 25 heavy (non-hydrogen) atoms. The number of nitrogens with two attached hydrogens (primary N) is 1. The van der Waals surface area contributed by atoms with Gasteiger partial charge in [-0.25, -0.2) is 0 Å². The van der Waals surface area contributed by atoms with E-state index in [1.165, 1.54) is 18.2 Å². The Morgan fingerprint density at radius 3 is 2.44 bits per heavy atom.